The van der Waals surface area contributed by atoms with E-state index in [2.05, 4.69) is 11.4 Å². The van der Waals surface area contributed by atoms with Crippen LogP contribution in [0.5, 0.6) is 0 Å². The minimum absolute atomic E-state index is 0.0871. The Morgan fingerprint density at radius 3 is 2.43 bits per heavy atom. The van der Waals surface area contributed by atoms with Crippen LogP contribution >= 0.6 is 0 Å². The lowest BCUT2D eigenvalue weighted by molar-refractivity contribution is -0.144. The molecule has 8 nitrogen and oxygen atoms in total. The first-order valence-electron chi connectivity index (χ1n) is 7.73. The third-order valence-electron chi connectivity index (χ3n) is 4.20. The Bertz CT molecular complexity index is 593. The lowest BCUT2D eigenvalue weighted by atomic mass is 9.98. The molecule has 2 fully saturated rings. The fraction of sp³-hybridized carbons (Fsp3) is 0.667. The summed E-state index contributed by atoms with van der Waals surface area (Å²) in [6, 6.07) is 1.30. The van der Waals surface area contributed by atoms with Crippen molar-refractivity contribution in [3.63, 3.8) is 0 Å². The van der Waals surface area contributed by atoms with Crippen LogP contribution < -0.4 is 5.32 Å². The van der Waals surface area contributed by atoms with Gasteiger partial charge in [-0.2, -0.15) is 5.26 Å². The smallest absolute Gasteiger partial charge is 0.334 e. The molecule has 23 heavy (non-hydrogen) atoms. The van der Waals surface area contributed by atoms with Crippen molar-refractivity contribution in [3.05, 3.63) is 0 Å². The molecule has 1 N–H and O–H groups in total. The van der Waals surface area contributed by atoms with Crippen molar-refractivity contribution in [2.75, 3.05) is 13.1 Å². The summed E-state index contributed by atoms with van der Waals surface area (Å²) in [4.78, 5) is 49.4. The molecule has 0 aromatic heterocycles. The van der Waals surface area contributed by atoms with Gasteiger partial charge in [-0.05, 0) is 32.1 Å². The number of carbonyl (C=O) groups excluding carboxylic acids is 4. The number of rotatable bonds is 7. The molecular formula is C15H20N4O4. The van der Waals surface area contributed by atoms with Crippen molar-refractivity contribution < 1.29 is 19.2 Å². The number of carbonyl (C=O) groups is 4. The molecule has 2 rings (SSSR count). The number of hydrogen-bond acceptors (Lipinski definition) is 5. The van der Waals surface area contributed by atoms with Gasteiger partial charge in [0.1, 0.15) is 12.1 Å². The lowest BCUT2D eigenvalue weighted by Crippen LogP contribution is -2.51. The number of nitriles is 1. The predicted octanol–water partition coefficient (Wildman–Crippen LogP) is 0.386. The highest BCUT2D eigenvalue weighted by Crippen LogP contribution is 2.39. The van der Waals surface area contributed by atoms with Crippen LogP contribution in [-0.2, 0) is 14.4 Å². The van der Waals surface area contributed by atoms with Crippen LogP contribution in [-0.4, -0.2) is 52.2 Å². The first-order valence-corrected chi connectivity index (χ1v) is 7.73. The Morgan fingerprint density at radius 2 is 1.91 bits per heavy atom. The van der Waals surface area contributed by atoms with Crippen LogP contribution in [0.15, 0.2) is 0 Å². The summed E-state index contributed by atoms with van der Waals surface area (Å²) in [7, 11) is 0. The highest BCUT2D eigenvalue weighted by atomic mass is 16.2. The first-order chi connectivity index (χ1) is 10.8. The third kappa shape index (κ3) is 3.33. The maximum atomic E-state index is 12.1. The Morgan fingerprint density at radius 1 is 1.30 bits per heavy atom. The molecular weight excluding hydrogens is 300 g/mol. The van der Waals surface area contributed by atoms with Gasteiger partial charge in [-0.25, -0.2) is 9.69 Å². The van der Waals surface area contributed by atoms with Gasteiger partial charge < -0.3 is 5.32 Å². The van der Waals surface area contributed by atoms with E-state index in [4.69, 9.17) is 0 Å². The van der Waals surface area contributed by atoms with Crippen molar-refractivity contribution in [1.29, 1.82) is 5.26 Å². The normalized spacial score (nSPS) is 20.5. The molecule has 1 unspecified atom stereocenters. The number of nitrogens with zero attached hydrogens (tertiary/aromatic N) is 3. The predicted molar refractivity (Wildman–Crippen MR) is 78.6 cm³/mol. The second kappa shape index (κ2) is 6.36. The van der Waals surface area contributed by atoms with Crippen LogP contribution in [0.2, 0.25) is 0 Å². The largest absolute Gasteiger partial charge is 0.336 e. The van der Waals surface area contributed by atoms with E-state index in [9.17, 15) is 24.4 Å². The van der Waals surface area contributed by atoms with Crippen molar-refractivity contribution in [1.82, 2.24) is 15.1 Å². The Labute approximate surface area is 134 Å². The van der Waals surface area contributed by atoms with Crippen molar-refractivity contribution in [2.24, 2.45) is 5.92 Å². The lowest BCUT2D eigenvalue weighted by Gasteiger charge is -2.24. The van der Waals surface area contributed by atoms with E-state index in [1.54, 1.807) is 6.92 Å². The van der Waals surface area contributed by atoms with Crippen molar-refractivity contribution >= 4 is 23.8 Å². The Balaban J connectivity index is 2.00. The van der Waals surface area contributed by atoms with E-state index in [1.165, 1.54) is 0 Å². The fourth-order valence-corrected chi connectivity index (χ4v) is 2.56. The average Bonchev–Trinajstić information content (AvgIpc) is 3.34. The molecule has 5 amide bonds. The van der Waals surface area contributed by atoms with E-state index in [-0.39, 0.29) is 12.5 Å². The molecule has 0 bridgehead atoms. The van der Waals surface area contributed by atoms with Crippen molar-refractivity contribution in [2.45, 2.75) is 45.1 Å². The van der Waals surface area contributed by atoms with Gasteiger partial charge in [-0.1, -0.05) is 13.3 Å². The molecule has 1 saturated carbocycles. The topological polar surface area (TPSA) is 111 Å². The summed E-state index contributed by atoms with van der Waals surface area (Å²) >= 11 is 0. The van der Waals surface area contributed by atoms with Gasteiger partial charge in [0.05, 0.1) is 6.07 Å². The van der Waals surface area contributed by atoms with Crippen molar-refractivity contribution in [3.8, 4) is 6.07 Å². The maximum absolute atomic E-state index is 12.1. The Kier molecular flexibility index (Phi) is 4.68. The molecule has 0 aromatic carbocycles. The Hall–Kier alpha value is -2.43. The molecule has 8 heteroatoms. The summed E-state index contributed by atoms with van der Waals surface area (Å²) in [6.07, 6.45) is 3.08. The van der Waals surface area contributed by atoms with Gasteiger partial charge in [0.15, 0.2) is 0 Å². The highest BCUT2D eigenvalue weighted by molar-refractivity contribution is 6.45. The first kappa shape index (κ1) is 16.9. The molecule has 1 heterocycles. The number of urea groups is 1. The van der Waals surface area contributed by atoms with E-state index < -0.39 is 35.8 Å². The number of nitrogens with one attached hydrogen (secondary N) is 1. The highest BCUT2D eigenvalue weighted by Gasteiger charge is 2.47. The molecule has 1 aliphatic heterocycles. The summed E-state index contributed by atoms with van der Waals surface area (Å²) < 4.78 is 0. The second-order valence-corrected chi connectivity index (χ2v) is 6.12. The van der Waals surface area contributed by atoms with Gasteiger partial charge in [-0.3, -0.25) is 19.3 Å². The van der Waals surface area contributed by atoms with Gasteiger partial charge in [0.25, 0.3) is 0 Å². The molecule has 1 aliphatic carbocycles. The minimum atomic E-state index is -1.01. The number of amides is 5. The average molecular weight is 320 g/mol. The quantitative estimate of drug-likeness (QED) is 0.539. The molecule has 1 atom stereocenters. The van der Waals surface area contributed by atoms with E-state index in [0.29, 0.717) is 11.3 Å². The summed E-state index contributed by atoms with van der Waals surface area (Å²) in [5, 5.41) is 11.8. The monoisotopic (exact) mass is 320 g/mol. The fourth-order valence-electron chi connectivity index (χ4n) is 2.56. The minimum Gasteiger partial charge on any atom is -0.336 e. The van der Waals surface area contributed by atoms with Gasteiger partial charge in [0.2, 0.25) is 5.91 Å². The maximum Gasteiger partial charge on any atom is 0.334 e. The number of unbranched alkanes of at least 4 members (excludes halogenated alkanes) is 1. The molecule has 2 aliphatic rings. The molecule has 0 spiro atoms. The van der Waals surface area contributed by atoms with Crippen LogP contribution in [0, 0.1) is 17.2 Å². The number of hydrogen-bond donors (Lipinski definition) is 1. The van der Waals surface area contributed by atoms with Crippen LogP contribution in [0.4, 0.5) is 4.79 Å². The second-order valence-electron chi connectivity index (χ2n) is 6.12. The van der Waals surface area contributed by atoms with Gasteiger partial charge in [-0.15, -0.1) is 0 Å². The van der Waals surface area contributed by atoms with Crippen LogP contribution in [0.3, 0.4) is 0 Å². The van der Waals surface area contributed by atoms with E-state index in [1.807, 2.05) is 6.92 Å². The number of imide groups is 2. The van der Waals surface area contributed by atoms with Gasteiger partial charge in [0, 0.05) is 6.54 Å². The van der Waals surface area contributed by atoms with Crippen LogP contribution in [0.1, 0.15) is 39.5 Å². The van der Waals surface area contributed by atoms with E-state index >= 15 is 0 Å². The zero-order valence-electron chi connectivity index (χ0n) is 13.3. The van der Waals surface area contributed by atoms with Gasteiger partial charge >= 0.3 is 17.8 Å². The third-order valence-corrected chi connectivity index (χ3v) is 4.20. The standard InChI is InChI=1S/C15H20N4O4/c1-3-4-7-18-12(21)13(22)19(14(18)23)8-11(20)17-15(2,9-16)10-5-6-10/h10H,3-8H2,1-2H3,(H,17,20). The molecule has 0 aromatic rings. The zero-order valence-corrected chi connectivity index (χ0v) is 13.3. The van der Waals surface area contributed by atoms with Crippen LogP contribution in [0.25, 0.3) is 0 Å². The molecule has 0 radical (unpaired) electrons. The summed E-state index contributed by atoms with van der Waals surface area (Å²) in [5.74, 6) is -2.43. The van der Waals surface area contributed by atoms with E-state index in [0.717, 1.165) is 24.2 Å². The zero-order chi connectivity index (χ0) is 17.2. The summed E-state index contributed by atoms with van der Waals surface area (Å²) in [6.45, 7) is 3.14. The molecule has 1 saturated heterocycles. The SMILES string of the molecule is CCCCN1C(=O)C(=O)N(CC(=O)NC(C)(C#N)C2CC2)C1=O. The molecule has 124 valence electrons. The summed E-state index contributed by atoms with van der Waals surface area (Å²) in [5.41, 5.74) is -1.01.